The van der Waals surface area contributed by atoms with Gasteiger partial charge in [-0.05, 0) is 49.4 Å². The first kappa shape index (κ1) is 21.9. The predicted molar refractivity (Wildman–Crippen MR) is 107 cm³/mol. The second-order valence-corrected chi connectivity index (χ2v) is 6.33. The number of nitriles is 1. The van der Waals surface area contributed by atoms with Gasteiger partial charge in [0.1, 0.15) is 11.8 Å². The summed E-state index contributed by atoms with van der Waals surface area (Å²) in [6.07, 6.45) is -0.193. The van der Waals surface area contributed by atoms with Crippen molar-refractivity contribution in [3.05, 3.63) is 58.6 Å². The Hall–Kier alpha value is -3.37. The highest BCUT2D eigenvalue weighted by Crippen LogP contribution is 2.20. The summed E-state index contributed by atoms with van der Waals surface area (Å²) in [4.78, 5) is 35.9. The number of carbonyl (C=O) groups is 3. The first-order valence-electron chi connectivity index (χ1n) is 8.84. The van der Waals surface area contributed by atoms with Crippen molar-refractivity contribution in [1.82, 2.24) is 0 Å². The largest absolute Gasteiger partial charge is 0.494 e. The van der Waals surface area contributed by atoms with Crippen LogP contribution < -0.4 is 10.1 Å². The van der Waals surface area contributed by atoms with Crippen LogP contribution in [0.4, 0.5) is 5.69 Å². The minimum atomic E-state index is -0.675. The predicted octanol–water partition coefficient (Wildman–Crippen LogP) is 3.76. The molecule has 29 heavy (non-hydrogen) atoms. The summed E-state index contributed by atoms with van der Waals surface area (Å²) in [5.41, 5.74) is 0.922. The van der Waals surface area contributed by atoms with E-state index < -0.39 is 18.5 Å². The van der Waals surface area contributed by atoms with Crippen molar-refractivity contribution >= 4 is 34.9 Å². The molecule has 8 heteroatoms. The molecule has 0 aliphatic rings. The number of hydrogen-bond donors (Lipinski definition) is 1. The van der Waals surface area contributed by atoms with E-state index in [1.165, 1.54) is 18.2 Å². The SMILES string of the molecule is CCOc1ccc(C(=O)CCC(=O)OCC(=O)Nc2cc(Cl)ccc2C#N)cc1. The maximum absolute atomic E-state index is 12.1. The van der Waals surface area contributed by atoms with Gasteiger partial charge in [0.15, 0.2) is 12.4 Å². The molecule has 0 saturated heterocycles. The van der Waals surface area contributed by atoms with Gasteiger partial charge in [0.2, 0.25) is 0 Å². The van der Waals surface area contributed by atoms with Gasteiger partial charge < -0.3 is 14.8 Å². The second kappa shape index (κ2) is 10.8. The van der Waals surface area contributed by atoms with Crippen LogP contribution in [0.15, 0.2) is 42.5 Å². The summed E-state index contributed by atoms with van der Waals surface area (Å²) < 4.78 is 10.2. The standard InChI is InChI=1S/C21H19ClN2O5/c1-2-28-17-7-4-14(5-8-17)19(25)9-10-21(27)29-13-20(26)24-18-11-16(22)6-3-15(18)12-23/h3-8,11H,2,9-10,13H2,1H3,(H,24,26). The Bertz CT molecular complexity index is 935. The number of carbonyl (C=O) groups excluding carboxylic acids is 3. The third kappa shape index (κ3) is 6.94. The molecule has 0 aliphatic heterocycles. The molecular weight excluding hydrogens is 396 g/mol. The number of hydrogen-bond acceptors (Lipinski definition) is 6. The molecule has 7 nitrogen and oxygen atoms in total. The topological polar surface area (TPSA) is 105 Å². The van der Waals surface area contributed by atoms with Crippen molar-refractivity contribution in [3.8, 4) is 11.8 Å². The maximum Gasteiger partial charge on any atom is 0.306 e. The van der Waals surface area contributed by atoms with Crippen molar-refractivity contribution in [3.63, 3.8) is 0 Å². The van der Waals surface area contributed by atoms with Crippen LogP contribution in [0.1, 0.15) is 35.7 Å². The monoisotopic (exact) mass is 414 g/mol. The number of ketones is 1. The lowest BCUT2D eigenvalue weighted by Gasteiger charge is -2.08. The third-order valence-corrected chi connectivity index (χ3v) is 4.02. The number of amides is 1. The number of nitrogens with one attached hydrogen (secondary N) is 1. The van der Waals surface area contributed by atoms with E-state index in [1.54, 1.807) is 24.3 Å². The average molecular weight is 415 g/mol. The van der Waals surface area contributed by atoms with Gasteiger partial charge in [-0.3, -0.25) is 14.4 Å². The van der Waals surface area contributed by atoms with Crippen LogP contribution in [-0.4, -0.2) is 30.9 Å². The van der Waals surface area contributed by atoms with E-state index in [4.69, 9.17) is 26.3 Å². The molecule has 0 unspecified atom stereocenters. The number of nitrogens with zero attached hydrogens (tertiary/aromatic N) is 1. The average Bonchev–Trinajstić information content (AvgIpc) is 2.71. The molecule has 0 saturated carbocycles. The number of rotatable bonds is 9. The molecule has 2 rings (SSSR count). The summed E-state index contributed by atoms with van der Waals surface area (Å²) in [6, 6.07) is 13.0. The first-order chi connectivity index (χ1) is 13.9. The number of ether oxygens (including phenoxy) is 2. The van der Waals surface area contributed by atoms with E-state index in [-0.39, 0.29) is 29.9 Å². The lowest BCUT2D eigenvalue weighted by atomic mass is 10.1. The number of esters is 1. The Morgan fingerprint density at radius 2 is 1.83 bits per heavy atom. The Balaban J connectivity index is 1.78. The van der Waals surface area contributed by atoms with Crippen LogP contribution in [0.3, 0.4) is 0 Å². The highest BCUT2D eigenvalue weighted by atomic mass is 35.5. The van der Waals surface area contributed by atoms with Crippen molar-refractivity contribution in [1.29, 1.82) is 5.26 Å². The molecule has 0 fully saturated rings. The number of Topliss-reactive ketones (excluding diaryl/α,β-unsaturated/α-hetero) is 1. The second-order valence-electron chi connectivity index (χ2n) is 5.89. The lowest BCUT2D eigenvalue weighted by molar-refractivity contribution is -0.147. The van der Waals surface area contributed by atoms with Gasteiger partial charge in [0.25, 0.3) is 5.91 Å². The van der Waals surface area contributed by atoms with Gasteiger partial charge in [0.05, 0.1) is 24.3 Å². The van der Waals surface area contributed by atoms with Gasteiger partial charge in [-0.25, -0.2) is 0 Å². The molecule has 0 aromatic heterocycles. The smallest absolute Gasteiger partial charge is 0.306 e. The van der Waals surface area contributed by atoms with Crippen LogP contribution in [0.5, 0.6) is 5.75 Å². The lowest BCUT2D eigenvalue weighted by Crippen LogP contribution is -2.21. The molecule has 0 heterocycles. The zero-order valence-electron chi connectivity index (χ0n) is 15.7. The highest BCUT2D eigenvalue weighted by Gasteiger charge is 2.13. The fraction of sp³-hybridized carbons (Fsp3) is 0.238. The molecule has 0 spiro atoms. The minimum absolute atomic E-state index is 0.0404. The number of halogens is 1. The number of benzene rings is 2. The van der Waals surface area contributed by atoms with Crippen LogP contribution in [0, 0.1) is 11.3 Å². The molecule has 1 amide bonds. The van der Waals surface area contributed by atoms with Gasteiger partial charge in [-0.15, -0.1) is 0 Å². The van der Waals surface area contributed by atoms with E-state index in [0.29, 0.717) is 22.9 Å². The summed E-state index contributed by atoms with van der Waals surface area (Å²) in [7, 11) is 0. The molecule has 0 aliphatic carbocycles. The van der Waals surface area contributed by atoms with E-state index in [2.05, 4.69) is 5.32 Å². The van der Waals surface area contributed by atoms with Crippen molar-refractivity contribution in [2.24, 2.45) is 0 Å². The summed E-state index contributed by atoms with van der Waals surface area (Å²) >= 11 is 5.85. The summed E-state index contributed by atoms with van der Waals surface area (Å²) in [5, 5.41) is 11.8. The van der Waals surface area contributed by atoms with Crippen molar-refractivity contribution < 1.29 is 23.9 Å². The van der Waals surface area contributed by atoms with E-state index >= 15 is 0 Å². The van der Waals surface area contributed by atoms with Crippen LogP contribution >= 0.6 is 11.6 Å². The fourth-order valence-electron chi connectivity index (χ4n) is 2.39. The normalized spacial score (nSPS) is 9.97. The van der Waals surface area contributed by atoms with E-state index in [9.17, 15) is 14.4 Å². The van der Waals surface area contributed by atoms with Crippen molar-refractivity contribution in [2.45, 2.75) is 19.8 Å². The number of anilines is 1. The summed E-state index contributed by atoms with van der Waals surface area (Å²) in [6.45, 7) is 1.86. The molecule has 2 aromatic rings. The fourth-order valence-corrected chi connectivity index (χ4v) is 2.56. The van der Waals surface area contributed by atoms with Crippen LogP contribution in [0.25, 0.3) is 0 Å². The molecule has 2 aromatic carbocycles. The van der Waals surface area contributed by atoms with Gasteiger partial charge in [-0.2, -0.15) is 5.26 Å². The highest BCUT2D eigenvalue weighted by molar-refractivity contribution is 6.31. The van der Waals surface area contributed by atoms with E-state index in [1.807, 2.05) is 13.0 Å². The van der Waals surface area contributed by atoms with Crippen molar-refractivity contribution in [2.75, 3.05) is 18.5 Å². The molecule has 0 bridgehead atoms. The van der Waals surface area contributed by atoms with Crippen LogP contribution in [0.2, 0.25) is 5.02 Å². The third-order valence-electron chi connectivity index (χ3n) is 3.78. The molecule has 0 atom stereocenters. The Morgan fingerprint density at radius 3 is 2.48 bits per heavy atom. The first-order valence-corrected chi connectivity index (χ1v) is 9.22. The maximum atomic E-state index is 12.1. The van der Waals surface area contributed by atoms with Gasteiger partial charge in [-0.1, -0.05) is 11.6 Å². The molecule has 0 radical (unpaired) electrons. The van der Waals surface area contributed by atoms with Gasteiger partial charge >= 0.3 is 5.97 Å². The molecule has 1 N–H and O–H groups in total. The minimum Gasteiger partial charge on any atom is -0.494 e. The molecular formula is C21H19ClN2O5. The zero-order valence-corrected chi connectivity index (χ0v) is 16.5. The van der Waals surface area contributed by atoms with Crippen LogP contribution in [-0.2, 0) is 14.3 Å². The Labute approximate surface area is 173 Å². The Morgan fingerprint density at radius 1 is 1.10 bits per heavy atom. The molecule has 150 valence electrons. The van der Waals surface area contributed by atoms with Gasteiger partial charge in [0, 0.05) is 17.0 Å². The summed E-state index contributed by atoms with van der Waals surface area (Å²) in [5.74, 6) is -0.846. The zero-order chi connectivity index (χ0) is 21.2. The quantitative estimate of drug-likeness (QED) is 0.494. The Kier molecular flexibility index (Phi) is 8.19. The van der Waals surface area contributed by atoms with E-state index in [0.717, 1.165) is 0 Å².